The Morgan fingerprint density at radius 2 is 2.05 bits per heavy atom. The van der Waals surface area contributed by atoms with Crippen LogP contribution < -0.4 is 10.9 Å². The lowest BCUT2D eigenvalue weighted by atomic mass is 9.70. The molecule has 44 heavy (non-hydrogen) atoms. The second-order valence-electron chi connectivity index (χ2n) is 14.4. The molecule has 244 valence electrons. The highest BCUT2D eigenvalue weighted by atomic mass is 35.5. The van der Waals surface area contributed by atoms with Crippen LogP contribution in [0.2, 0.25) is 0 Å². The quantitative estimate of drug-likeness (QED) is 0.427. The number of hydrogen-bond donors (Lipinski definition) is 2. The van der Waals surface area contributed by atoms with E-state index in [1.165, 1.54) is 0 Å². The predicted octanol–water partition coefficient (Wildman–Crippen LogP) is 3.97. The van der Waals surface area contributed by atoms with Gasteiger partial charge in [-0.1, -0.05) is 0 Å². The summed E-state index contributed by atoms with van der Waals surface area (Å²) in [7, 11) is 0. The van der Waals surface area contributed by atoms with E-state index in [0.717, 1.165) is 43.4 Å². The van der Waals surface area contributed by atoms with Crippen LogP contribution in [0.4, 0.5) is 8.78 Å². The second-order valence-corrected chi connectivity index (χ2v) is 16.3. The summed E-state index contributed by atoms with van der Waals surface area (Å²) in [6, 6.07) is 0.307. The maximum atomic E-state index is 14.0. The van der Waals surface area contributed by atoms with Gasteiger partial charge in [0.25, 0.3) is 11.5 Å². The van der Waals surface area contributed by atoms with Gasteiger partial charge in [0.05, 0.1) is 30.9 Å². The largest absolute Gasteiger partial charge is 0.481 e. The summed E-state index contributed by atoms with van der Waals surface area (Å²) in [4.78, 5) is 32.8. The van der Waals surface area contributed by atoms with Gasteiger partial charge in [-0.2, -0.15) is 11.8 Å². The molecule has 0 amide bonds. The molecular weight excluding hydrogens is 610 g/mol. The highest BCUT2D eigenvalue weighted by Crippen LogP contribution is 2.53. The summed E-state index contributed by atoms with van der Waals surface area (Å²) in [5.41, 5.74) is 1.57. The van der Waals surface area contributed by atoms with Gasteiger partial charge in [0.1, 0.15) is 5.82 Å². The van der Waals surface area contributed by atoms with Crippen molar-refractivity contribution >= 4 is 29.3 Å². The van der Waals surface area contributed by atoms with E-state index in [-0.39, 0.29) is 64.6 Å². The highest BCUT2D eigenvalue weighted by Gasteiger charge is 2.60. The number of halogens is 3. The minimum Gasteiger partial charge on any atom is -0.481 e. The molecule has 6 aliphatic rings. The number of piperidine rings is 1. The molecule has 11 atom stereocenters. The zero-order valence-electron chi connectivity index (χ0n) is 25.6. The number of alkyl halides is 3. The lowest BCUT2D eigenvalue weighted by molar-refractivity contribution is -0.152. The number of aromatic nitrogens is 2. The van der Waals surface area contributed by atoms with Crippen molar-refractivity contribution in [3.8, 4) is 0 Å². The third-order valence-electron chi connectivity index (χ3n) is 11.8. The normalized spacial score (nSPS) is 41.4. The molecule has 8 unspecified atom stereocenters. The smallest absolute Gasteiger partial charge is 0.308 e. The number of carbonyl (C=O) groups is 1. The molecule has 1 aromatic heterocycles. The summed E-state index contributed by atoms with van der Waals surface area (Å²) >= 11 is 8.50. The molecule has 1 aromatic rings. The first-order valence-electron chi connectivity index (χ1n) is 16.6. The molecule has 3 saturated heterocycles. The molecule has 3 aliphatic carbocycles. The molecule has 0 radical (unpaired) electrons. The minimum absolute atomic E-state index is 0.00197. The van der Waals surface area contributed by atoms with Gasteiger partial charge in [-0.15, -0.1) is 11.6 Å². The summed E-state index contributed by atoms with van der Waals surface area (Å²) in [6.45, 7) is 5.96. The Morgan fingerprint density at radius 1 is 1.23 bits per heavy atom. The van der Waals surface area contributed by atoms with Crippen LogP contribution in [0.5, 0.6) is 0 Å². The van der Waals surface area contributed by atoms with Gasteiger partial charge in [-0.3, -0.25) is 19.1 Å². The standard InChI is InChI=1S/C32H45ClF2N4O4S/c1-16-9-22(29-28(36-16)24(15-44-29)31(41)42)21-10-19(33)3-6-27(21)43-8-7-39-17(2)37-26-5-4-20(11-23(26)30(39)40)38-13-18-12-32(34,35)25(18)14-38/h16,18-22,24-25,27-29,36H,3-15H2,1-2H3,(H,41,42)/t16?,18-,19?,20+,21?,22?,24?,25+,27?,28?,29?/m1/s1. The van der Waals surface area contributed by atoms with Crippen LogP contribution in [-0.4, -0.2) is 91.8 Å². The third kappa shape index (κ3) is 5.64. The number of rotatable bonds is 7. The average molecular weight is 655 g/mol. The van der Waals surface area contributed by atoms with Crippen LogP contribution in [0.15, 0.2) is 4.79 Å². The fourth-order valence-corrected chi connectivity index (χ4v) is 11.7. The first-order valence-corrected chi connectivity index (χ1v) is 18.1. The van der Waals surface area contributed by atoms with E-state index in [1.54, 1.807) is 16.3 Å². The number of nitrogens with one attached hydrogen (secondary N) is 1. The van der Waals surface area contributed by atoms with E-state index < -0.39 is 17.8 Å². The summed E-state index contributed by atoms with van der Waals surface area (Å²) < 4.78 is 36.4. The van der Waals surface area contributed by atoms with Crippen LogP contribution in [0.25, 0.3) is 0 Å². The molecule has 0 bridgehead atoms. The number of ether oxygens (including phenoxy) is 1. The van der Waals surface area contributed by atoms with Crippen molar-refractivity contribution < 1.29 is 23.4 Å². The van der Waals surface area contributed by atoms with Gasteiger partial charge in [0.2, 0.25) is 0 Å². The Balaban J connectivity index is 1.02. The Morgan fingerprint density at radius 3 is 2.80 bits per heavy atom. The third-order valence-corrected chi connectivity index (χ3v) is 13.8. The van der Waals surface area contributed by atoms with E-state index in [9.17, 15) is 23.5 Å². The molecule has 3 aliphatic heterocycles. The van der Waals surface area contributed by atoms with E-state index in [4.69, 9.17) is 21.3 Å². The number of aryl methyl sites for hydroxylation is 2. The molecule has 0 spiro atoms. The van der Waals surface area contributed by atoms with Gasteiger partial charge in [-0.05, 0) is 76.5 Å². The van der Waals surface area contributed by atoms with E-state index in [0.29, 0.717) is 56.6 Å². The van der Waals surface area contributed by atoms with Crippen molar-refractivity contribution in [1.82, 2.24) is 19.8 Å². The number of thioether (sulfide) groups is 1. The minimum atomic E-state index is -2.54. The monoisotopic (exact) mass is 654 g/mol. The molecule has 2 N–H and O–H groups in total. The maximum absolute atomic E-state index is 14.0. The number of hydrogen-bond acceptors (Lipinski definition) is 7. The SMILES string of the molecule is Cc1nc2c(c(=O)n1CCOC1CCC(Cl)CC1C1CC(C)NC3C(C(=O)O)CSC13)C[C@@H](N1C[C@H]3CC(F)(F)[C@H]3C1)CC2. The molecular formula is C32H45ClF2N4O4S. The van der Waals surface area contributed by atoms with Crippen LogP contribution >= 0.6 is 23.4 Å². The molecule has 4 heterocycles. The highest BCUT2D eigenvalue weighted by molar-refractivity contribution is 8.00. The van der Waals surface area contributed by atoms with Gasteiger partial charge in [0, 0.05) is 65.5 Å². The Labute approximate surface area is 267 Å². The first kappa shape index (κ1) is 31.3. The number of likely N-dealkylation sites (tertiary alicyclic amines) is 1. The van der Waals surface area contributed by atoms with Gasteiger partial charge < -0.3 is 15.2 Å². The Kier molecular flexibility index (Phi) is 8.60. The Bertz CT molecular complexity index is 1330. The van der Waals surface area contributed by atoms with Crippen molar-refractivity contribution in [3.05, 3.63) is 27.4 Å². The maximum Gasteiger partial charge on any atom is 0.308 e. The fraction of sp³-hybridized carbons (Fsp3) is 0.844. The first-order chi connectivity index (χ1) is 21.0. The van der Waals surface area contributed by atoms with Crippen molar-refractivity contribution in [2.75, 3.05) is 25.4 Å². The zero-order chi connectivity index (χ0) is 30.9. The van der Waals surface area contributed by atoms with Crippen molar-refractivity contribution in [2.24, 2.45) is 29.6 Å². The van der Waals surface area contributed by atoms with Crippen LogP contribution in [0.1, 0.15) is 62.5 Å². The number of carboxylic acid groups (broad SMARTS) is 1. The molecule has 2 saturated carbocycles. The van der Waals surface area contributed by atoms with E-state index in [2.05, 4.69) is 17.1 Å². The number of nitrogens with zero attached hydrogens (tertiary/aromatic N) is 3. The van der Waals surface area contributed by atoms with Crippen LogP contribution in [0.3, 0.4) is 0 Å². The average Bonchev–Trinajstić information content (AvgIpc) is 3.57. The van der Waals surface area contributed by atoms with Crippen LogP contribution in [0, 0.1) is 36.5 Å². The predicted molar refractivity (Wildman–Crippen MR) is 166 cm³/mol. The van der Waals surface area contributed by atoms with Gasteiger partial charge in [-0.25, -0.2) is 13.8 Å². The van der Waals surface area contributed by atoms with Gasteiger partial charge in [0.15, 0.2) is 0 Å². The topological polar surface area (TPSA) is 96.7 Å². The van der Waals surface area contributed by atoms with Crippen molar-refractivity contribution in [2.45, 2.75) is 113 Å². The molecule has 8 nitrogen and oxygen atoms in total. The van der Waals surface area contributed by atoms with Crippen molar-refractivity contribution in [1.29, 1.82) is 0 Å². The second kappa shape index (κ2) is 12.1. The fourth-order valence-electron chi connectivity index (χ4n) is 9.52. The van der Waals surface area contributed by atoms with Crippen LogP contribution in [-0.2, 0) is 28.9 Å². The van der Waals surface area contributed by atoms with Gasteiger partial charge >= 0.3 is 5.97 Å². The molecule has 0 aromatic carbocycles. The summed E-state index contributed by atoms with van der Waals surface area (Å²) in [5.74, 6) is -2.21. The summed E-state index contributed by atoms with van der Waals surface area (Å²) in [6.07, 6.45) is 5.71. The van der Waals surface area contributed by atoms with Crippen molar-refractivity contribution in [3.63, 3.8) is 0 Å². The number of carboxylic acids is 1. The van der Waals surface area contributed by atoms with E-state index >= 15 is 0 Å². The zero-order valence-corrected chi connectivity index (χ0v) is 27.2. The summed E-state index contributed by atoms with van der Waals surface area (Å²) in [5, 5.41) is 13.7. The molecule has 7 rings (SSSR count). The Hall–Kier alpha value is -1.27. The molecule has 5 fully saturated rings. The number of fused-ring (bicyclic) bond motifs is 3. The lowest BCUT2D eigenvalue weighted by Gasteiger charge is -2.47. The lowest BCUT2D eigenvalue weighted by Crippen LogP contribution is -2.57. The number of aliphatic carboxylic acids is 1. The van der Waals surface area contributed by atoms with E-state index in [1.807, 2.05) is 6.92 Å². The molecule has 12 heteroatoms.